The predicted molar refractivity (Wildman–Crippen MR) is 54.8 cm³/mol. The number of aliphatic hydroxyl groups is 1. The molecule has 3 nitrogen and oxygen atoms in total. The molecule has 0 saturated heterocycles. The molecule has 1 N–H and O–H groups in total. The van der Waals surface area contributed by atoms with Gasteiger partial charge in [-0.1, -0.05) is 6.07 Å². The van der Waals surface area contributed by atoms with Crippen LogP contribution in [0.5, 0.6) is 11.5 Å². The van der Waals surface area contributed by atoms with E-state index in [1.807, 2.05) is 25.1 Å². The number of methoxy groups -OCH3 is 1. The number of hydrogen-bond acceptors (Lipinski definition) is 3. The van der Waals surface area contributed by atoms with Gasteiger partial charge in [-0.05, 0) is 26.0 Å². The van der Waals surface area contributed by atoms with Crippen LogP contribution >= 0.6 is 0 Å². The molecule has 0 bridgehead atoms. The zero-order valence-electron chi connectivity index (χ0n) is 8.73. The monoisotopic (exact) mass is 196 g/mol. The first-order valence-electron chi connectivity index (χ1n) is 4.62. The zero-order valence-corrected chi connectivity index (χ0v) is 8.73. The topological polar surface area (TPSA) is 38.7 Å². The van der Waals surface area contributed by atoms with Crippen LogP contribution in [0, 0.1) is 0 Å². The molecule has 0 aliphatic carbocycles. The van der Waals surface area contributed by atoms with Crippen LogP contribution in [0.25, 0.3) is 0 Å². The Morgan fingerprint density at radius 2 is 1.86 bits per heavy atom. The van der Waals surface area contributed by atoms with Crippen LogP contribution in [0.15, 0.2) is 24.3 Å². The van der Waals surface area contributed by atoms with Gasteiger partial charge in [0.05, 0.1) is 13.2 Å². The molecule has 0 fully saturated rings. The van der Waals surface area contributed by atoms with Crippen molar-refractivity contribution in [3.05, 3.63) is 24.3 Å². The molecule has 1 unspecified atom stereocenters. The van der Waals surface area contributed by atoms with Crippen molar-refractivity contribution in [3.8, 4) is 11.5 Å². The molecule has 0 spiro atoms. The minimum atomic E-state index is -0.485. The minimum Gasteiger partial charge on any atom is -0.497 e. The van der Waals surface area contributed by atoms with Gasteiger partial charge >= 0.3 is 0 Å². The van der Waals surface area contributed by atoms with Crippen LogP contribution < -0.4 is 9.47 Å². The van der Waals surface area contributed by atoms with Crippen LogP contribution in [0.3, 0.4) is 0 Å². The predicted octanol–water partition coefficient (Wildman–Crippen LogP) is 1.84. The van der Waals surface area contributed by atoms with E-state index in [9.17, 15) is 5.11 Å². The standard InChI is InChI=1S/C11H16O3/c1-8(12)9(2)14-11-6-4-5-10(7-11)13-3/h4-9,12H,1-3H3/t8-,9?/m0/s1. The first-order chi connectivity index (χ1) is 6.63. The summed E-state index contributed by atoms with van der Waals surface area (Å²) in [5.74, 6) is 1.46. The Bertz CT molecular complexity index is 284. The molecule has 0 heterocycles. The van der Waals surface area contributed by atoms with E-state index < -0.39 is 6.10 Å². The smallest absolute Gasteiger partial charge is 0.123 e. The Morgan fingerprint density at radius 1 is 1.21 bits per heavy atom. The van der Waals surface area contributed by atoms with Crippen molar-refractivity contribution < 1.29 is 14.6 Å². The van der Waals surface area contributed by atoms with Gasteiger partial charge in [0.2, 0.25) is 0 Å². The van der Waals surface area contributed by atoms with Crippen LogP contribution in [0.2, 0.25) is 0 Å². The van der Waals surface area contributed by atoms with Gasteiger partial charge in [-0.25, -0.2) is 0 Å². The third-order valence-corrected chi connectivity index (χ3v) is 2.04. The molecule has 0 radical (unpaired) electrons. The van der Waals surface area contributed by atoms with E-state index >= 15 is 0 Å². The second-order valence-electron chi connectivity index (χ2n) is 3.24. The maximum Gasteiger partial charge on any atom is 0.123 e. The highest BCUT2D eigenvalue weighted by molar-refractivity contribution is 5.32. The minimum absolute atomic E-state index is 0.220. The lowest BCUT2D eigenvalue weighted by Gasteiger charge is -2.17. The van der Waals surface area contributed by atoms with Crippen molar-refractivity contribution in [2.24, 2.45) is 0 Å². The molecular formula is C11H16O3. The highest BCUT2D eigenvalue weighted by Crippen LogP contribution is 2.20. The molecule has 0 amide bonds. The average molecular weight is 196 g/mol. The van der Waals surface area contributed by atoms with Gasteiger partial charge in [0.15, 0.2) is 0 Å². The quantitative estimate of drug-likeness (QED) is 0.798. The summed E-state index contributed by atoms with van der Waals surface area (Å²) in [6.07, 6.45) is -0.705. The maximum atomic E-state index is 9.25. The Morgan fingerprint density at radius 3 is 2.43 bits per heavy atom. The molecule has 14 heavy (non-hydrogen) atoms. The normalized spacial score (nSPS) is 14.6. The molecular weight excluding hydrogens is 180 g/mol. The van der Waals surface area contributed by atoms with Crippen molar-refractivity contribution in [3.63, 3.8) is 0 Å². The highest BCUT2D eigenvalue weighted by atomic mass is 16.5. The van der Waals surface area contributed by atoms with Gasteiger partial charge in [0, 0.05) is 6.07 Å². The Hall–Kier alpha value is -1.22. The summed E-state index contributed by atoms with van der Waals surface area (Å²) in [5, 5.41) is 9.25. The lowest BCUT2D eigenvalue weighted by atomic mass is 10.2. The maximum absolute atomic E-state index is 9.25. The molecule has 1 aromatic carbocycles. The molecule has 0 saturated carbocycles. The Kier molecular flexibility index (Phi) is 3.77. The number of hydrogen-bond donors (Lipinski definition) is 1. The highest BCUT2D eigenvalue weighted by Gasteiger charge is 2.10. The summed E-state index contributed by atoms with van der Waals surface area (Å²) in [7, 11) is 1.61. The Labute approximate surface area is 84.3 Å². The summed E-state index contributed by atoms with van der Waals surface area (Å²) in [5.41, 5.74) is 0. The third-order valence-electron chi connectivity index (χ3n) is 2.04. The van der Waals surface area contributed by atoms with Crippen LogP contribution in [0.4, 0.5) is 0 Å². The molecule has 78 valence electrons. The number of aliphatic hydroxyl groups excluding tert-OH is 1. The van der Waals surface area contributed by atoms with E-state index in [2.05, 4.69) is 0 Å². The van der Waals surface area contributed by atoms with Gasteiger partial charge in [-0.2, -0.15) is 0 Å². The summed E-state index contributed by atoms with van der Waals surface area (Å²) < 4.78 is 10.5. The van der Waals surface area contributed by atoms with Gasteiger partial charge in [0.25, 0.3) is 0 Å². The second-order valence-corrected chi connectivity index (χ2v) is 3.24. The van der Waals surface area contributed by atoms with Crippen molar-refractivity contribution >= 4 is 0 Å². The lowest BCUT2D eigenvalue weighted by Crippen LogP contribution is -2.25. The van der Waals surface area contributed by atoms with Crippen molar-refractivity contribution in [1.29, 1.82) is 0 Å². The largest absolute Gasteiger partial charge is 0.497 e. The fraction of sp³-hybridized carbons (Fsp3) is 0.455. The van der Waals surface area contributed by atoms with E-state index in [0.29, 0.717) is 5.75 Å². The molecule has 0 aromatic heterocycles. The van der Waals surface area contributed by atoms with E-state index in [1.54, 1.807) is 20.1 Å². The number of rotatable bonds is 4. The van der Waals surface area contributed by atoms with Gasteiger partial charge in [-0.15, -0.1) is 0 Å². The third kappa shape index (κ3) is 2.92. The summed E-state index contributed by atoms with van der Waals surface area (Å²) in [6, 6.07) is 7.32. The first kappa shape index (κ1) is 10.9. The fourth-order valence-corrected chi connectivity index (χ4v) is 0.988. The van der Waals surface area contributed by atoms with Crippen molar-refractivity contribution in [1.82, 2.24) is 0 Å². The van der Waals surface area contributed by atoms with Gasteiger partial charge in [0.1, 0.15) is 17.6 Å². The zero-order chi connectivity index (χ0) is 10.6. The molecule has 1 aromatic rings. The van der Waals surface area contributed by atoms with Gasteiger partial charge in [-0.3, -0.25) is 0 Å². The molecule has 3 heteroatoms. The summed E-state index contributed by atoms with van der Waals surface area (Å²) >= 11 is 0. The average Bonchev–Trinajstić information content (AvgIpc) is 2.18. The second kappa shape index (κ2) is 4.86. The van der Waals surface area contributed by atoms with E-state index in [0.717, 1.165) is 5.75 Å². The number of ether oxygens (including phenoxy) is 2. The van der Waals surface area contributed by atoms with Crippen molar-refractivity contribution in [2.45, 2.75) is 26.1 Å². The molecule has 1 rings (SSSR count). The fourth-order valence-electron chi connectivity index (χ4n) is 0.988. The van der Waals surface area contributed by atoms with E-state index in [1.165, 1.54) is 0 Å². The SMILES string of the molecule is COc1cccc(OC(C)[C@H](C)O)c1. The summed E-state index contributed by atoms with van der Waals surface area (Å²) in [4.78, 5) is 0. The number of benzene rings is 1. The van der Waals surface area contributed by atoms with Crippen LogP contribution in [0.1, 0.15) is 13.8 Å². The van der Waals surface area contributed by atoms with Crippen molar-refractivity contribution in [2.75, 3.05) is 7.11 Å². The lowest BCUT2D eigenvalue weighted by molar-refractivity contribution is 0.0603. The van der Waals surface area contributed by atoms with Gasteiger partial charge < -0.3 is 14.6 Å². The first-order valence-corrected chi connectivity index (χ1v) is 4.62. The van der Waals surface area contributed by atoms with Crippen LogP contribution in [-0.4, -0.2) is 24.4 Å². The Balaban J connectivity index is 2.66. The molecule has 2 atom stereocenters. The van der Waals surface area contributed by atoms with E-state index in [-0.39, 0.29) is 6.10 Å². The summed E-state index contributed by atoms with van der Waals surface area (Å²) in [6.45, 7) is 3.52. The van der Waals surface area contributed by atoms with E-state index in [4.69, 9.17) is 9.47 Å². The molecule has 0 aliphatic rings. The molecule has 0 aliphatic heterocycles. The van der Waals surface area contributed by atoms with Crippen LogP contribution in [-0.2, 0) is 0 Å².